The van der Waals surface area contributed by atoms with E-state index in [0.29, 0.717) is 28.4 Å². The second kappa shape index (κ2) is 7.89. The van der Waals surface area contributed by atoms with Crippen molar-refractivity contribution >= 4 is 23.6 Å². The van der Waals surface area contributed by atoms with E-state index >= 15 is 0 Å². The number of rotatable bonds is 4. The molecule has 2 aliphatic heterocycles. The van der Waals surface area contributed by atoms with Gasteiger partial charge < -0.3 is 20.3 Å². The van der Waals surface area contributed by atoms with Crippen molar-refractivity contribution in [2.24, 2.45) is 0 Å². The third-order valence-corrected chi connectivity index (χ3v) is 5.11. The molecule has 1 atom stereocenters. The van der Waals surface area contributed by atoms with E-state index in [2.05, 4.69) is 10.6 Å². The molecule has 1 aromatic carbocycles. The smallest absolute Gasteiger partial charge is 0.338 e. The molecule has 1 saturated heterocycles. The van der Waals surface area contributed by atoms with Gasteiger partial charge in [-0.2, -0.15) is 0 Å². The lowest BCUT2D eigenvalue weighted by atomic mass is 9.94. The zero-order valence-electron chi connectivity index (χ0n) is 14.2. The number of methoxy groups -OCH3 is 1. The Kier molecular flexibility index (Phi) is 5.60. The van der Waals surface area contributed by atoms with Crippen molar-refractivity contribution in [3.8, 4) is 0 Å². The number of carbonyl (C=O) groups is 2. The fraction of sp³-hybridized carbons (Fsp3) is 0.444. The first-order valence-corrected chi connectivity index (χ1v) is 8.95. The lowest BCUT2D eigenvalue weighted by molar-refractivity contribution is -0.900. The second-order valence-corrected chi connectivity index (χ2v) is 6.83. The Bertz CT molecular complexity index is 699. The summed E-state index contributed by atoms with van der Waals surface area (Å²) in [5.41, 5.74) is 1.73. The summed E-state index contributed by atoms with van der Waals surface area (Å²) in [5.74, 6) is -0.455. The number of hydrogen-bond acceptors (Lipinski definition) is 3. The maximum Gasteiger partial charge on any atom is 0.338 e. The van der Waals surface area contributed by atoms with Crippen LogP contribution in [-0.4, -0.2) is 38.7 Å². The molecule has 0 unspecified atom stereocenters. The normalized spacial score (nSPS) is 21.5. The van der Waals surface area contributed by atoms with Crippen LogP contribution in [0.1, 0.15) is 30.9 Å². The maximum absolute atomic E-state index is 12.5. The number of hydrogen-bond donors (Lipinski definition) is 3. The van der Waals surface area contributed by atoms with Crippen molar-refractivity contribution in [2.75, 3.05) is 26.7 Å². The van der Waals surface area contributed by atoms with E-state index in [1.165, 1.54) is 18.4 Å². The Hall–Kier alpha value is -2.05. The van der Waals surface area contributed by atoms with Gasteiger partial charge in [0.2, 0.25) is 0 Å². The van der Waals surface area contributed by atoms with E-state index < -0.39 is 12.0 Å². The molecule has 25 heavy (non-hydrogen) atoms. The van der Waals surface area contributed by atoms with E-state index in [0.717, 1.165) is 25.9 Å². The number of quaternary nitrogens is 1. The summed E-state index contributed by atoms with van der Waals surface area (Å²) in [7, 11) is 1.35. The van der Waals surface area contributed by atoms with Gasteiger partial charge in [0.05, 0.1) is 37.5 Å². The van der Waals surface area contributed by atoms with E-state index in [1.54, 1.807) is 6.07 Å². The molecule has 2 amide bonds. The SMILES string of the molecule is COC(=O)C1=C(C[NH+]2CCCCC2)NC(=O)N[C@@H]1c1ccccc1Cl. The highest BCUT2D eigenvalue weighted by molar-refractivity contribution is 6.31. The van der Waals surface area contributed by atoms with Gasteiger partial charge in [0, 0.05) is 5.02 Å². The monoisotopic (exact) mass is 364 g/mol. The zero-order valence-corrected chi connectivity index (χ0v) is 15.0. The van der Waals surface area contributed by atoms with Crippen LogP contribution in [0.25, 0.3) is 0 Å². The summed E-state index contributed by atoms with van der Waals surface area (Å²) in [6.45, 7) is 2.68. The number of piperidine rings is 1. The number of benzene rings is 1. The van der Waals surface area contributed by atoms with Crippen molar-refractivity contribution in [3.05, 3.63) is 46.1 Å². The Morgan fingerprint density at radius 1 is 1.28 bits per heavy atom. The Balaban J connectivity index is 2.00. The van der Waals surface area contributed by atoms with Gasteiger partial charge >= 0.3 is 12.0 Å². The van der Waals surface area contributed by atoms with Crippen LogP contribution in [0.2, 0.25) is 5.02 Å². The summed E-state index contributed by atoms with van der Waals surface area (Å²) >= 11 is 6.31. The second-order valence-electron chi connectivity index (χ2n) is 6.42. The van der Waals surface area contributed by atoms with Gasteiger partial charge in [0.25, 0.3) is 0 Å². The first-order valence-electron chi connectivity index (χ1n) is 8.57. The highest BCUT2D eigenvalue weighted by Gasteiger charge is 2.36. The number of carbonyl (C=O) groups excluding carboxylic acids is 2. The maximum atomic E-state index is 12.5. The molecule has 1 aromatic rings. The summed E-state index contributed by atoms with van der Waals surface area (Å²) < 4.78 is 5.00. The predicted octanol–water partition coefficient (Wildman–Crippen LogP) is 1.19. The number of nitrogens with one attached hydrogen (secondary N) is 3. The van der Waals surface area contributed by atoms with Crippen LogP contribution in [0.3, 0.4) is 0 Å². The standard InChI is InChI=1S/C18H22ClN3O3/c1-25-17(23)15-14(11-22-9-5-2-6-10-22)20-18(24)21-16(15)12-7-3-4-8-13(12)19/h3-4,7-8,16H,2,5-6,9-11H2,1H3,(H2,20,21,24)/p+1/t16-/m1/s1. The Morgan fingerprint density at radius 3 is 2.68 bits per heavy atom. The lowest BCUT2D eigenvalue weighted by Gasteiger charge is -2.32. The minimum Gasteiger partial charge on any atom is -0.466 e. The van der Waals surface area contributed by atoms with Crippen LogP contribution >= 0.6 is 11.6 Å². The third-order valence-electron chi connectivity index (χ3n) is 4.76. The number of urea groups is 1. The molecule has 1 fully saturated rings. The number of likely N-dealkylation sites (tertiary alicyclic amines) is 1. The van der Waals surface area contributed by atoms with Gasteiger partial charge in [-0.3, -0.25) is 0 Å². The fourth-order valence-electron chi connectivity index (χ4n) is 3.53. The number of halogens is 1. The minimum atomic E-state index is -0.617. The minimum absolute atomic E-state index is 0.330. The van der Waals surface area contributed by atoms with E-state index in [4.69, 9.17) is 16.3 Å². The molecule has 0 bridgehead atoms. The van der Waals surface area contributed by atoms with Crippen LogP contribution in [0.5, 0.6) is 0 Å². The lowest BCUT2D eigenvalue weighted by Crippen LogP contribution is -3.13. The van der Waals surface area contributed by atoms with E-state index in [1.807, 2.05) is 18.2 Å². The molecule has 0 aliphatic carbocycles. The highest BCUT2D eigenvalue weighted by atomic mass is 35.5. The van der Waals surface area contributed by atoms with Crippen LogP contribution in [0.15, 0.2) is 35.5 Å². The van der Waals surface area contributed by atoms with Gasteiger partial charge in [-0.15, -0.1) is 0 Å². The largest absolute Gasteiger partial charge is 0.466 e. The first-order chi connectivity index (χ1) is 12.1. The molecule has 0 radical (unpaired) electrons. The van der Waals surface area contributed by atoms with Crippen LogP contribution in [0.4, 0.5) is 4.79 Å². The average molecular weight is 365 g/mol. The molecule has 0 saturated carbocycles. The Morgan fingerprint density at radius 2 is 2.00 bits per heavy atom. The Labute approximate surface area is 152 Å². The number of esters is 1. The molecule has 134 valence electrons. The van der Waals surface area contributed by atoms with Gasteiger partial charge in [0.1, 0.15) is 6.54 Å². The van der Waals surface area contributed by atoms with Crippen molar-refractivity contribution < 1.29 is 19.2 Å². The van der Waals surface area contributed by atoms with Crippen molar-refractivity contribution in [3.63, 3.8) is 0 Å². The number of ether oxygens (including phenoxy) is 1. The molecular formula is C18H23ClN3O3+. The van der Waals surface area contributed by atoms with Gasteiger partial charge in [-0.05, 0) is 30.9 Å². The summed E-state index contributed by atoms with van der Waals surface area (Å²) in [6, 6.07) is 6.26. The number of amides is 2. The summed E-state index contributed by atoms with van der Waals surface area (Å²) in [4.78, 5) is 26.1. The summed E-state index contributed by atoms with van der Waals surface area (Å²) in [6.07, 6.45) is 3.56. The molecule has 2 aliphatic rings. The van der Waals surface area contributed by atoms with Crippen molar-refractivity contribution in [1.29, 1.82) is 0 Å². The van der Waals surface area contributed by atoms with Crippen molar-refractivity contribution in [1.82, 2.24) is 10.6 Å². The first kappa shape index (κ1) is 17.8. The van der Waals surface area contributed by atoms with Gasteiger partial charge in [-0.1, -0.05) is 29.8 Å². The van der Waals surface area contributed by atoms with E-state index in [9.17, 15) is 9.59 Å². The molecule has 3 N–H and O–H groups in total. The third kappa shape index (κ3) is 3.96. The van der Waals surface area contributed by atoms with Gasteiger partial charge in [0.15, 0.2) is 0 Å². The molecule has 6 nitrogen and oxygen atoms in total. The van der Waals surface area contributed by atoms with Gasteiger partial charge in [-0.25, -0.2) is 9.59 Å². The highest BCUT2D eigenvalue weighted by Crippen LogP contribution is 2.31. The molecule has 7 heteroatoms. The predicted molar refractivity (Wildman–Crippen MR) is 94.3 cm³/mol. The van der Waals surface area contributed by atoms with Crippen LogP contribution < -0.4 is 15.5 Å². The topological polar surface area (TPSA) is 71.9 Å². The van der Waals surface area contributed by atoms with Crippen LogP contribution in [0, 0.1) is 0 Å². The average Bonchev–Trinajstić information content (AvgIpc) is 2.62. The molecule has 0 aromatic heterocycles. The van der Waals surface area contributed by atoms with Crippen LogP contribution in [-0.2, 0) is 9.53 Å². The zero-order chi connectivity index (χ0) is 17.8. The van der Waals surface area contributed by atoms with Crippen molar-refractivity contribution in [2.45, 2.75) is 25.3 Å². The molecule has 2 heterocycles. The quantitative estimate of drug-likeness (QED) is 0.703. The molecular weight excluding hydrogens is 342 g/mol. The van der Waals surface area contributed by atoms with E-state index in [-0.39, 0.29) is 6.03 Å². The molecule has 0 spiro atoms. The summed E-state index contributed by atoms with van der Waals surface area (Å²) in [5, 5.41) is 6.12. The molecule has 3 rings (SSSR count). The fourth-order valence-corrected chi connectivity index (χ4v) is 3.77.